The van der Waals surface area contributed by atoms with Gasteiger partial charge >= 0.3 is 0 Å². The average molecular weight is 241 g/mol. The molecule has 0 amide bonds. The van der Waals surface area contributed by atoms with E-state index in [1.165, 1.54) is 0 Å². The van der Waals surface area contributed by atoms with Crippen LogP contribution in [0.15, 0.2) is 51.9 Å². The minimum atomic E-state index is 0.605. The van der Waals surface area contributed by atoms with E-state index in [1.54, 1.807) is 31.2 Å². The Bertz CT molecular complexity index is 519. The van der Waals surface area contributed by atoms with Gasteiger partial charge in [-0.25, -0.2) is 5.01 Å². The Kier molecular flexibility index (Phi) is 4.76. The molecule has 1 aromatic carbocycles. The molecule has 0 atom stereocenters. The minimum absolute atomic E-state index is 0.605. The second kappa shape index (κ2) is 6.30. The van der Waals surface area contributed by atoms with Crippen molar-refractivity contribution in [2.45, 2.75) is 6.92 Å². The molecule has 0 radical (unpaired) electrons. The molecule has 0 unspecified atom stereocenters. The molecule has 0 bridgehead atoms. The minimum Gasteiger partial charge on any atom is -0.270 e. The van der Waals surface area contributed by atoms with Gasteiger partial charge in [-0.1, -0.05) is 11.8 Å². The normalized spacial score (nSPS) is 11.3. The molecule has 18 heavy (non-hydrogen) atoms. The van der Waals surface area contributed by atoms with E-state index < -0.39 is 0 Å². The third kappa shape index (κ3) is 3.01. The molecule has 5 nitrogen and oxygen atoms in total. The molecule has 5 heteroatoms. The fourth-order valence-corrected chi connectivity index (χ4v) is 1.43. The zero-order valence-electron chi connectivity index (χ0n) is 10.8. The number of nitriles is 1. The highest BCUT2D eigenvalue weighted by atomic mass is 15.6. The maximum atomic E-state index is 8.77. The van der Waals surface area contributed by atoms with Crippen LogP contribution in [-0.4, -0.2) is 24.9 Å². The number of hydrogen-bond donors (Lipinski definition) is 0. The number of allylic oxidation sites excluding steroid dienone is 1. The van der Waals surface area contributed by atoms with Crippen LogP contribution in [0.3, 0.4) is 0 Å². The summed E-state index contributed by atoms with van der Waals surface area (Å²) in [5, 5.41) is 18.0. The summed E-state index contributed by atoms with van der Waals surface area (Å²) < 4.78 is 0. The van der Waals surface area contributed by atoms with E-state index in [9.17, 15) is 0 Å². The van der Waals surface area contributed by atoms with Gasteiger partial charge in [-0.15, -0.1) is 0 Å². The molecule has 0 aliphatic heterocycles. The zero-order valence-corrected chi connectivity index (χ0v) is 10.8. The van der Waals surface area contributed by atoms with E-state index in [4.69, 9.17) is 5.26 Å². The van der Waals surface area contributed by atoms with E-state index >= 15 is 0 Å². The topological polar surface area (TPSA) is 64.1 Å². The molecule has 0 saturated carbocycles. The van der Waals surface area contributed by atoms with Gasteiger partial charge in [-0.05, 0) is 31.2 Å². The molecule has 92 valence electrons. The Morgan fingerprint density at radius 3 is 2.28 bits per heavy atom. The van der Waals surface area contributed by atoms with E-state index in [2.05, 4.69) is 28.0 Å². The lowest BCUT2D eigenvalue weighted by atomic mass is 10.1. The molecule has 0 N–H and O–H groups in total. The van der Waals surface area contributed by atoms with Crippen molar-refractivity contribution in [3.8, 4) is 6.07 Å². The first-order chi connectivity index (χ1) is 8.63. The molecule has 0 saturated heterocycles. The van der Waals surface area contributed by atoms with Crippen LogP contribution < -0.4 is 0 Å². The Hall–Kier alpha value is -2.48. The van der Waals surface area contributed by atoms with Crippen molar-refractivity contribution in [2.24, 2.45) is 15.3 Å². The number of benzene rings is 1. The SMILES string of the molecule is C=C(C)N(N=NC)C(=NC)c1ccc(C#N)cc1. The van der Waals surface area contributed by atoms with Crippen molar-refractivity contribution in [3.05, 3.63) is 47.7 Å². The van der Waals surface area contributed by atoms with Crippen molar-refractivity contribution in [3.63, 3.8) is 0 Å². The highest BCUT2D eigenvalue weighted by Gasteiger charge is 2.13. The van der Waals surface area contributed by atoms with E-state index in [-0.39, 0.29) is 0 Å². The second-order valence-electron chi connectivity index (χ2n) is 3.57. The van der Waals surface area contributed by atoms with Crippen LogP contribution in [0.5, 0.6) is 0 Å². The van der Waals surface area contributed by atoms with Crippen molar-refractivity contribution in [2.75, 3.05) is 14.1 Å². The maximum Gasteiger partial charge on any atom is 0.157 e. The molecule has 0 aromatic heterocycles. The molecule has 1 aromatic rings. The lowest BCUT2D eigenvalue weighted by Crippen LogP contribution is -2.24. The number of rotatable bonds is 3. The van der Waals surface area contributed by atoms with Crippen LogP contribution in [0.4, 0.5) is 0 Å². The second-order valence-corrected chi connectivity index (χ2v) is 3.57. The Morgan fingerprint density at radius 2 is 1.89 bits per heavy atom. The lowest BCUT2D eigenvalue weighted by molar-refractivity contribution is 0.511. The number of aliphatic imine (C=N–C) groups is 1. The summed E-state index contributed by atoms with van der Waals surface area (Å²) in [7, 11) is 3.26. The summed E-state index contributed by atoms with van der Waals surface area (Å²) >= 11 is 0. The average Bonchev–Trinajstić information content (AvgIpc) is 2.39. The van der Waals surface area contributed by atoms with Crippen LogP contribution in [0.1, 0.15) is 18.1 Å². The summed E-state index contributed by atoms with van der Waals surface area (Å²) in [5.41, 5.74) is 2.17. The van der Waals surface area contributed by atoms with Gasteiger partial charge in [-0.3, -0.25) is 4.99 Å². The van der Waals surface area contributed by atoms with Gasteiger partial charge in [0.25, 0.3) is 0 Å². The van der Waals surface area contributed by atoms with Gasteiger partial charge in [0.1, 0.15) is 0 Å². The van der Waals surface area contributed by atoms with Gasteiger partial charge in [-0.2, -0.15) is 10.4 Å². The fourth-order valence-electron chi connectivity index (χ4n) is 1.43. The van der Waals surface area contributed by atoms with Crippen molar-refractivity contribution < 1.29 is 0 Å². The Balaban J connectivity index is 3.16. The van der Waals surface area contributed by atoms with Crippen LogP contribution in [0, 0.1) is 11.3 Å². The van der Waals surface area contributed by atoms with Gasteiger partial charge in [0.2, 0.25) is 0 Å². The number of nitrogens with zero attached hydrogens (tertiary/aromatic N) is 5. The predicted octanol–water partition coefficient (Wildman–Crippen LogP) is 2.77. The summed E-state index contributed by atoms with van der Waals surface area (Å²) in [4.78, 5) is 4.20. The fraction of sp³-hybridized carbons (Fsp3) is 0.231. The number of hydrogen-bond acceptors (Lipinski definition) is 4. The first-order valence-electron chi connectivity index (χ1n) is 5.36. The largest absolute Gasteiger partial charge is 0.270 e. The Morgan fingerprint density at radius 1 is 1.28 bits per heavy atom. The number of amidine groups is 1. The smallest absolute Gasteiger partial charge is 0.157 e. The standard InChI is InChI=1S/C13H15N5/c1-10(2)18(17-16-4)13(15-3)12-7-5-11(9-14)6-8-12/h5-8H,1H2,2-4H3. The third-order valence-corrected chi connectivity index (χ3v) is 2.23. The highest BCUT2D eigenvalue weighted by molar-refractivity contribution is 5.99. The highest BCUT2D eigenvalue weighted by Crippen LogP contribution is 2.13. The van der Waals surface area contributed by atoms with Crippen LogP contribution in [-0.2, 0) is 0 Å². The molecule has 0 aliphatic carbocycles. The van der Waals surface area contributed by atoms with Crippen molar-refractivity contribution in [1.29, 1.82) is 5.26 Å². The van der Waals surface area contributed by atoms with E-state index in [1.807, 2.05) is 19.1 Å². The lowest BCUT2D eigenvalue weighted by Gasteiger charge is -2.19. The molecular formula is C13H15N5. The summed E-state index contributed by atoms with van der Waals surface area (Å²) in [5.74, 6) is 0.637. The quantitative estimate of drug-likeness (QED) is 0.353. The van der Waals surface area contributed by atoms with Crippen molar-refractivity contribution >= 4 is 5.84 Å². The summed E-state index contributed by atoms with van der Waals surface area (Å²) in [6.07, 6.45) is 0. The monoisotopic (exact) mass is 241 g/mol. The van der Waals surface area contributed by atoms with Gasteiger partial charge in [0, 0.05) is 18.3 Å². The first kappa shape index (κ1) is 13.6. The summed E-state index contributed by atoms with van der Waals surface area (Å²) in [6.45, 7) is 5.66. The maximum absolute atomic E-state index is 8.77. The van der Waals surface area contributed by atoms with Gasteiger partial charge in [0.05, 0.1) is 18.7 Å². The van der Waals surface area contributed by atoms with Gasteiger partial charge < -0.3 is 0 Å². The Labute approximate surface area is 107 Å². The van der Waals surface area contributed by atoms with Crippen molar-refractivity contribution in [1.82, 2.24) is 5.01 Å². The van der Waals surface area contributed by atoms with Gasteiger partial charge in [0.15, 0.2) is 5.84 Å². The van der Waals surface area contributed by atoms with Crippen LogP contribution in [0.25, 0.3) is 0 Å². The first-order valence-corrected chi connectivity index (χ1v) is 5.36. The van der Waals surface area contributed by atoms with Crippen LogP contribution >= 0.6 is 0 Å². The molecule has 0 aliphatic rings. The molecule has 0 spiro atoms. The predicted molar refractivity (Wildman–Crippen MR) is 71.1 cm³/mol. The summed E-state index contributed by atoms with van der Waals surface area (Å²) in [6, 6.07) is 9.19. The molecule has 0 fully saturated rings. The zero-order chi connectivity index (χ0) is 13.5. The molecule has 1 rings (SSSR count). The molecular weight excluding hydrogens is 226 g/mol. The van der Waals surface area contributed by atoms with E-state index in [0.717, 1.165) is 5.56 Å². The molecule has 0 heterocycles. The van der Waals surface area contributed by atoms with Crippen LogP contribution in [0.2, 0.25) is 0 Å². The van der Waals surface area contributed by atoms with E-state index in [0.29, 0.717) is 17.1 Å². The third-order valence-electron chi connectivity index (χ3n) is 2.23.